The summed E-state index contributed by atoms with van der Waals surface area (Å²) in [5.41, 5.74) is 5.68. The van der Waals surface area contributed by atoms with E-state index in [1.807, 2.05) is 36.4 Å². The molecule has 0 heterocycles. The number of benzene rings is 4. The summed E-state index contributed by atoms with van der Waals surface area (Å²) in [7, 11) is 0. The third-order valence-electron chi connectivity index (χ3n) is 5.73. The molecule has 0 N–H and O–H groups in total. The van der Waals surface area contributed by atoms with Crippen LogP contribution in [-0.4, -0.2) is 0 Å². The minimum Gasteiger partial charge on any atom is -0.205 e. The summed E-state index contributed by atoms with van der Waals surface area (Å²) in [6, 6.07) is 25.7. The Labute approximate surface area is 202 Å². The van der Waals surface area contributed by atoms with E-state index in [-0.39, 0.29) is 5.82 Å². The number of aryl methyl sites for hydroxylation is 2. The monoisotopic (exact) mass is 442 g/mol. The summed E-state index contributed by atoms with van der Waals surface area (Å²) in [5, 5.41) is 1.38. The lowest BCUT2D eigenvalue weighted by atomic mass is 10.0. The fraction of sp³-hybridized carbons (Fsp3) is 0.152. The van der Waals surface area contributed by atoms with Crippen LogP contribution in [0.4, 0.5) is 4.39 Å². The molecule has 1 heteroatoms. The average Bonchev–Trinajstić information content (AvgIpc) is 2.87. The van der Waals surface area contributed by atoms with Crippen LogP contribution >= 0.6 is 0 Å². The molecule has 0 unspecified atom stereocenters. The molecule has 0 fully saturated rings. The van der Waals surface area contributed by atoms with Crippen LogP contribution in [0.3, 0.4) is 0 Å². The lowest BCUT2D eigenvalue weighted by Gasteiger charge is -2.03. The van der Waals surface area contributed by atoms with Crippen molar-refractivity contribution >= 4 is 10.8 Å². The number of hydrogen-bond acceptors (Lipinski definition) is 0. The van der Waals surface area contributed by atoms with Crippen LogP contribution < -0.4 is 0 Å². The van der Waals surface area contributed by atoms with E-state index in [0.29, 0.717) is 10.9 Å². The number of fused-ring (bicyclic) bond motifs is 1. The van der Waals surface area contributed by atoms with E-state index < -0.39 is 0 Å². The van der Waals surface area contributed by atoms with Crippen LogP contribution in [0.5, 0.6) is 0 Å². The van der Waals surface area contributed by atoms with Crippen molar-refractivity contribution in [2.75, 3.05) is 0 Å². The highest BCUT2D eigenvalue weighted by Crippen LogP contribution is 2.22. The van der Waals surface area contributed by atoms with Crippen molar-refractivity contribution in [3.05, 3.63) is 131 Å². The molecule has 34 heavy (non-hydrogen) atoms. The highest BCUT2D eigenvalue weighted by Gasteiger charge is 2.06. The fourth-order valence-electron chi connectivity index (χ4n) is 3.82. The second-order valence-electron chi connectivity index (χ2n) is 8.33. The molecular formula is C33H27F. The van der Waals surface area contributed by atoms with Crippen molar-refractivity contribution in [1.82, 2.24) is 0 Å². The van der Waals surface area contributed by atoms with Gasteiger partial charge in [0.25, 0.3) is 0 Å². The molecule has 0 nitrogen and oxygen atoms in total. The van der Waals surface area contributed by atoms with Gasteiger partial charge in [-0.15, -0.1) is 6.58 Å². The number of halogens is 1. The maximum absolute atomic E-state index is 15.1. The van der Waals surface area contributed by atoms with E-state index in [4.69, 9.17) is 0 Å². The van der Waals surface area contributed by atoms with Gasteiger partial charge in [-0.25, -0.2) is 4.39 Å². The van der Waals surface area contributed by atoms with Gasteiger partial charge in [-0.1, -0.05) is 79.5 Å². The molecule has 4 aromatic carbocycles. The maximum atomic E-state index is 15.1. The van der Waals surface area contributed by atoms with E-state index in [9.17, 15) is 0 Å². The SMILES string of the molecule is C=CCCc1ccc(C#Cc2ccc3cc(C#Cc4ccc(CCC)cc4)ccc3c2F)cc1. The molecule has 0 aliphatic heterocycles. The molecule has 0 aromatic heterocycles. The van der Waals surface area contributed by atoms with Gasteiger partial charge < -0.3 is 0 Å². The number of allylic oxidation sites excluding steroid dienone is 1. The Kier molecular flexibility index (Phi) is 7.60. The molecule has 166 valence electrons. The molecule has 0 bridgehead atoms. The first-order valence-corrected chi connectivity index (χ1v) is 11.7. The second-order valence-corrected chi connectivity index (χ2v) is 8.33. The summed E-state index contributed by atoms with van der Waals surface area (Å²) >= 11 is 0. The molecule has 0 aliphatic rings. The minimum absolute atomic E-state index is 0.293. The van der Waals surface area contributed by atoms with Gasteiger partial charge in [0.1, 0.15) is 5.82 Å². The van der Waals surface area contributed by atoms with Gasteiger partial charge >= 0.3 is 0 Å². The standard InChI is InChI=1S/C33H27F/c1-3-5-7-26-10-14-28(15-11-26)18-20-30-21-22-31-24-29(19-23-32(31)33(30)34)17-16-27-12-8-25(6-4-2)9-13-27/h3,8-15,19,21-24H,1,4-7H2,2H3. The lowest BCUT2D eigenvalue weighted by Crippen LogP contribution is -1.88. The van der Waals surface area contributed by atoms with Crippen molar-refractivity contribution in [3.8, 4) is 23.7 Å². The third-order valence-corrected chi connectivity index (χ3v) is 5.73. The Morgan fingerprint density at radius 2 is 1.29 bits per heavy atom. The molecule has 0 aliphatic carbocycles. The summed E-state index contributed by atoms with van der Waals surface area (Å²) in [4.78, 5) is 0. The smallest absolute Gasteiger partial charge is 0.146 e. The molecule has 0 radical (unpaired) electrons. The molecule has 0 saturated carbocycles. The molecule has 0 spiro atoms. The Hall–Kier alpha value is -4.07. The van der Waals surface area contributed by atoms with E-state index in [2.05, 4.69) is 73.6 Å². The van der Waals surface area contributed by atoms with E-state index in [0.717, 1.165) is 47.8 Å². The van der Waals surface area contributed by atoms with Crippen molar-refractivity contribution in [1.29, 1.82) is 0 Å². The quantitative estimate of drug-likeness (QED) is 0.218. The topological polar surface area (TPSA) is 0 Å². The number of rotatable bonds is 5. The maximum Gasteiger partial charge on any atom is 0.146 e. The van der Waals surface area contributed by atoms with E-state index >= 15 is 4.39 Å². The highest BCUT2D eigenvalue weighted by atomic mass is 19.1. The van der Waals surface area contributed by atoms with Crippen LogP contribution in [0.15, 0.2) is 91.5 Å². The molecular weight excluding hydrogens is 415 g/mol. The van der Waals surface area contributed by atoms with Gasteiger partial charge in [0.2, 0.25) is 0 Å². The lowest BCUT2D eigenvalue weighted by molar-refractivity contribution is 0.636. The number of hydrogen-bond donors (Lipinski definition) is 0. The van der Waals surface area contributed by atoms with Gasteiger partial charge in [0, 0.05) is 22.1 Å². The first-order chi connectivity index (χ1) is 16.7. The molecule has 0 amide bonds. The highest BCUT2D eigenvalue weighted by molar-refractivity contribution is 5.86. The third kappa shape index (κ3) is 5.83. The first kappa shape index (κ1) is 23.1. The summed E-state index contributed by atoms with van der Waals surface area (Å²) in [5.74, 6) is 12.2. The Bertz CT molecular complexity index is 1420. The van der Waals surface area contributed by atoms with Crippen LogP contribution in [0.25, 0.3) is 10.8 Å². The first-order valence-electron chi connectivity index (χ1n) is 11.7. The van der Waals surface area contributed by atoms with Gasteiger partial charge in [-0.3, -0.25) is 0 Å². The zero-order valence-electron chi connectivity index (χ0n) is 19.5. The summed E-state index contributed by atoms with van der Waals surface area (Å²) in [6.45, 7) is 5.93. The zero-order valence-corrected chi connectivity index (χ0v) is 19.5. The van der Waals surface area contributed by atoms with Gasteiger partial charge in [0.15, 0.2) is 0 Å². The predicted octanol–water partition coefficient (Wildman–Crippen LogP) is 7.85. The zero-order chi connectivity index (χ0) is 23.8. The van der Waals surface area contributed by atoms with Crippen molar-refractivity contribution < 1.29 is 4.39 Å². The van der Waals surface area contributed by atoms with Gasteiger partial charge in [-0.05, 0) is 78.2 Å². The van der Waals surface area contributed by atoms with Gasteiger partial charge in [0.05, 0.1) is 5.56 Å². The van der Waals surface area contributed by atoms with Gasteiger partial charge in [-0.2, -0.15) is 0 Å². The normalized spacial score (nSPS) is 10.2. The summed E-state index contributed by atoms with van der Waals surface area (Å²) < 4.78 is 15.1. The van der Waals surface area contributed by atoms with Crippen LogP contribution in [-0.2, 0) is 12.8 Å². The predicted molar refractivity (Wildman–Crippen MR) is 141 cm³/mol. The van der Waals surface area contributed by atoms with Crippen molar-refractivity contribution in [2.24, 2.45) is 0 Å². The van der Waals surface area contributed by atoms with Crippen molar-refractivity contribution in [2.45, 2.75) is 32.6 Å². The largest absolute Gasteiger partial charge is 0.205 e. The van der Waals surface area contributed by atoms with Crippen LogP contribution in [0, 0.1) is 29.5 Å². The van der Waals surface area contributed by atoms with E-state index in [1.54, 1.807) is 12.1 Å². The van der Waals surface area contributed by atoms with Crippen LogP contribution in [0.1, 0.15) is 53.1 Å². The van der Waals surface area contributed by atoms with Crippen LogP contribution in [0.2, 0.25) is 0 Å². The Morgan fingerprint density at radius 1 is 0.706 bits per heavy atom. The summed E-state index contributed by atoms with van der Waals surface area (Å²) in [6.07, 6.45) is 6.05. The second kappa shape index (κ2) is 11.2. The van der Waals surface area contributed by atoms with E-state index in [1.165, 1.54) is 11.1 Å². The fourth-order valence-corrected chi connectivity index (χ4v) is 3.82. The molecule has 0 saturated heterocycles. The Balaban J connectivity index is 1.52. The molecule has 4 rings (SSSR count). The Morgan fingerprint density at radius 3 is 1.94 bits per heavy atom. The molecule has 0 atom stereocenters. The average molecular weight is 443 g/mol. The van der Waals surface area contributed by atoms with Crippen molar-refractivity contribution in [3.63, 3.8) is 0 Å². The molecule has 4 aromatic rings. The minimum atomic E-state index is -0.293.